The van der Waals surface area contributed by atoms with E-state index >= 15 is 0 Å². The van der Waals surface area contributed by atoms with Crippen LogP contribution in [0.25, 0.3) is 0 Å². The van der Waals surface area contributed by atoms with Gasteiger partial charge in [0, 0.05) is 12.8 Å². The molecule has 0 spiro atoms. The topological polar surface area (TPSA) is 111 Å². The molecule has 0 saturated heterocycles. The fourth-order valence-corrected chi connectivity index (χ4v) is 10.5. The van der Waals surface area contributed by atoms with Crippen LogP contribution in [-0.4, -0.2) is 74.3 Å². The van der Waals surface area contributed by atoms with Gasteiger partial charge in [-0.2, -0.15) is 0 Å². The summed E-state index contributed by atoms with van der Waals surface area (Å²) in [4.78, 5) is 37.9. The second-order valence-corrected chi connectivity index (χ2v) is 26.1. The number of nitrogens with zero attached hydrogens (tertiary/aromatic N) is 1. The van der Waals surface area contributed by atoms with Crippen LogP contribution in [0.15, 0.2) is 122 Å². The summed E-state index contributed by atoms with van der Waals surface area (Å²) in [5.41, 5.74) is 0. The molecule has 0 aromatic heterocycles. The maximum atomic E-state index is 13.6. The molecule has 9 nitrogen and oxygen atoms in total. The summed E-state index contributed by atoms with van der Waals surface area (Å²) in [5.74, 6) is -0.525. The highest BCUT2D eigenvalue weighted by Crippen LogP contribution is 2.43. The van der Waals surface area contributed by atoms with Crippen LogP contribution in [0.1, 0.15) is 297 Å². The van der Waals surface area contributed by atoms with E-state index in [0.717, 1.165) is 135 Å². The molecule has 3 unspecified atom stereocenters. The van der Waals surface area contributed by atoms with Gasteiger partial charge >= 0.3 is 13.8 Å². The third-order valence-electron chi connectivity index (χ3n) is 15.1. The molecular weight excluding hydrogens is 1080 g/mol. The van der Waals surface area contributed by atoms with Gasteiger partial charge in [-0.1, -0.05) is 284 Å². The van der Waals surface area contributed by atoms with Gasteiger partial charge in [-0.15, -0.1) is 0 Å². The van der Waals surface area contributed by atoms with Crippen LogP contribution in [0, 0.1) is 0 Å². The average molecular weight is 1220 g/mol. The molecule has 0 radical (unpaired) electrons. The molecule has 86 heavy (non-hydrogen) atoms. The van der Waals surface area contributed by atoms with Crippen molar-refractivity contribution < 1.29 is 37.3 Å². The minimum atomic E-state index is -4.47. The van der Waals surface area contributed by atoms with Gasteiger partial charge in [0.05, 0.1) is 33.8 Å². The van der Waals surface area contributed by atoms with Crippen LogP contribution in [0.4, 0.5) is 0 Å². The zero-order valence-corrected chi connectivity index (χ0v) is 57.4. The number of quaternary nitrogens is 1. The first-order valence-electron chi connectivity index (χ1n) is 35.4. The average Bonchev–Trinajstić information content (AvgIpc) is 3.65. The number of unbranched alkanes of at least 4 members (excludes halogenated alkanes) is 29. The van der Waals surface area contributed by atoms with Gasteiger partial charge in [-0.3, -0.25) is 18.6 Å². The van der Waals surface area contributed by atoms with Crippen molar-refractivity contribution in [3.05, 3.63) is 122 Å². The van der Waals surface area contributed by atoms with Gasteiger partial charge in [0.1, 0.15) is 19.3 Å². The largest absolute Gasteiger partial charge is 0.472 e. The minimum absolute atomic E-state index is 0.0316. The SMILES string of the molecule is CC/C=C\C/C=C\C/C=C\C/C=C\C/C=C\C/C=C\CCCCCCCCCCC(=O)OC(/C=C\CCCCCCCCCCCC)C(COP(=O)(O)OCC[N+](C)(C)C)NC(=O)CCCCCCCCCC/C=C\C/C=C\C/C=C\CCCCC. The van der Waals surface area contributed by atoms with E-state index < -0.39 is 20.0 Å². The van der Waals surface area contributed by atoms with Gasteiger partial charge in [0.2, 0.25) is 5.91 Å². The lowest BCUT2D eigenvalue weighted by Crippen LogP contribution is -2.47. The van der Waals surface area contributed by atoms with E-state index in [9.17, 15) is 19.0 Å². The summed E-state index contributed by atoms with van der Waals surface area (Å²) in [5, 5.41) is 3.06. The Morgan fingerprint density at radius 1 is 0.419 bits per heavy atom. The molecule has 0 rings (SSSR count). The Morgan fingerprint density at radius 3 is 1.14 bits per heavy atom. The van der Waals surface area contributed by atoms with Crippen molar-refractivity contribution in [1.29, 1.82) is 0 Å². The molecule has 10 heteroatoms. The molecule has 494 valence electrons. The number of phosphoric ester groups is 1. The highest BCUT2D eigenvalue weighted by molar-refractivity contribution is 7.47. The number of esters is 1. The summed E-state index contributed by atoms with van der Waals surface area (Å²) in [6, 6.07) is -0.865. The lowest BCUT2D eigenvalue weighted by Gasteiger charge is -2.27. The van der Waals surface area contributed by atoms with Gasteiger partial charge in [-0.25, -0.2) is 4.57 Å². The minimum Gasteiger partial charge on any atom is -0.456 e. The van der Waals surface area contributed by atoms with Crippen molar-refractivity contribution >= 4 is 19.7 Å². The van der Waals surface area contributed by atoms with Gasteiger partial charge in [-0.05, 0) is 122 Å². The van der Waals surface area contributed by atoms with Crippen LogP contribution < -0.4 is 5.32 Å². The lowest BCUT2D eigenvalue weighted by molar-refractivity contribution is -0.870. The Balaban J connectivity index is 5.12. The Bertz CT molecular complexity index is 1890. The summed E-state index contributed by atoms with van der Waals surface area (Å²) in [7, 11) is 1.47. The van der Waals surface area contributed by atoms with Crippen LogP contribution in [0.2, 0.25) is 0 Å². The summed E-state index contributed by atoms with van der Waals surface area (Å²) in [6.07, 6.45) is 90.6. The summed E-state index contributed by atoms with van der Waals surface area (Å²) in [6.45, 7) is 6.87. The Labute approximate surface area is 531 Å². The van der Waals surface area contributed by atoms with Gasteiger partial charge in [0.25, 0.3) is 0 Å². The normalized spacial score (nSPS) is 14.3. The maximum absolute atomic E-state index is 13.6. The zero-order chi connectivity index (χ0) is 62.8. The molecule has 0 aromatic rings. The number of likely N-dealkylation sites (N-methyl/N-ethyl adjacent to an activating group) is 1. The molecule has 0 heterocycles. The van der Waals surface area contributed by atoms with Crippen LogP contribution in [0.3, 0.4) is 0 Å². The molecule has 0 fully saturated rings. The fourth-order valence-electron chi connectivity index (χ4n) is 9.72. The highest BCUT2D eigenvalue weighted by Gasteiger charge is 2.30. The standard InChI is InChI=1S/C76H133N2O7P/c1-7-10-13-16-19-22-25-28-30-32-34-36-37-38-39-40-41-43-45-47-49-51-54-57-60-63-66-69-76(80)85-74(67-64-61-58-55-52-27-24-21-18-15-12-9-3)73(72-84-86(81,82)83-71-70-78(4,5)6)77-75(79)68-65-62-59-56-53-50-48-46-44-42-35-33-31-29-26-23-20-17-14-11-8-2/h10,13,19-20,22-23,28-31,34-36,38-39,41-43,64,67,73-74H,7-9,11-12,14-18,21,24-27,32-33,37,40,44-63,65-66,68-72H2,1-6H3,(H-,77,79,81,82)/p+1/b13-10-,22-19-,23-20-,30-28-,31-29-,36-34-,39-38-,42-35-,43-41-,67-64-. The van der Waals surface area contributed by atoms with Gasteiger partial charge < -0.3 is 19.4 Å². The Hall–Kier alpha value is -3.59. The van der Waals surface area contributed by atoms with Gasteiger partial charge in [0.15, 0.2) is 0 Å². The monoisotopic (exact) mass is 1220 g/mol. The predicted octanol–water partition coefficient (Wildman–Crippen LogP) is 22.6. The summed E-state index contributed by atoms with van der Waals surface area (Å²) < 4.78 is 30.8. The number of ether oxygens (including phenoxy) is 1. The molecular formula is C76H134N2O7P+. The van der Waals surface area contributed by atoms with E-state index in [2.05, 4.69) is 135 Å². The molecule has 0 aliphatic heterocycles. The lowest BCUT2D eigenvalue weighted by atomic mass is 10.0. The predicted molar refractivity (Wildman–Crippen MR) is 373 cm³/mol. The van der Waals surface area contributed by atoms with E-state index in [1.807, 2.05) is 33.3 Å². The Kier molecular flexibility index (Phi) is 61.7. The fraction of sp³-hybridized carbons (Fsp3) is 0.711. The van der Waals surface area contributed by atoms with Crippen molar-refractivity contribution in [3.63, 3.8) is 0 Å². The number of phosphoric acid groups is 1. The van der Waals surface area contributed by atoms with E-state index in [0.29, 0.717) is 17.4 Å². The van der Waals surface area contributed by atoms with Crippen molar-refractivity contribution in [2.75, 3.05) is 40.9 Å². The molecule has 0 aliphatic carbocycles. The maximum Gasteiger partial charge on any atom is 0.472 e. The number of allylic oxidation sites excluding steroid dienone is 19. The van der Waals surface area contributed by atoms with Crippen LogP contribution in [-0.2, 0) is 27.9 Å². The molecule has 0 saturated carbocycles. The van der Waals surface area contributed by atoms with Crippen LogP contribution in [0.5, 0.6) is 0 Å². The van der Waals surface area contributed by atoms with E-state index in [1.54, 1.807) is 0 Å². The number of nitrogens with one attached hydrogen (secondary N) is 1. The number of carbonyl (C=O) groups excluding carboxylic acids is 2. The first kappa shape index (κ1) is 82.4. The third kappa shape index (κ3) is 64.9. The van der Waals surface area contributed by atoms with Crippen molar-refractivity contribution in [3.8, 4) is 0 Å². The number of carbonyl (C=O) groups is 2. The Morgan fingerprint density at radius 2 is 0.744 bits per heavy atom. The van der Waals surface area contributed by atoms with E-state index in [4.69, 9.17) is 13.8 Å². The number of hydrogen-bond donors (Lipinski definition) is 2. The van der Waals surface area contributed by atoms with Crippen molar-refractivity contribution in [1.82, 2.24) is 5.32 Å². The number of hydrogen-bond acceptors (Lipinski definition) is 6. The smallest absolute Gasteiger partial charge is 0.456 e. The van der Waals surface area contributed by atoms with Crippen molar-refractivity contribution in [2.45, 2.75) is 309 Å². The van der Waals surface area contributed by atoms with E-state index in [1.165, 1.54) is 128 Å². The zero-order valence-electron chi connectivity index (χ0n) is 56.5. The molecule has 0 bridgehead atoms. The summed E-state index contributed by atoms with van der Waals surface area (Å²) >= 11 is 0. The van der Waals surface area contributed by atoms with Crippen molar-refractivity contribution in [2.24, 2.45) is 0 Å². The second-order valence-electron chi connectivity index (χ2n) is 24.7. The molecule has 3 atom stereocenters. The third-order valence-corrected chi connectivity index (χ3v) is 16.1. The second kappa shape index (κ2) is 64.4. The first-order valence-corrected chi connectivity index (χ1v) is 36.9. The highest BCUT2D eigenvalue weighted by atomic mass is 31.2. The first-order chi connectivity index (χ1) is 41.9. The number of rotatable bonds is 63. The van der Waals surface area contributed by atoms with Crippen LogP contribution >= 0.6 is 7.82 Å². The molecule has 1 amide bonds. The quantitative estimate of drug-likeness (QED) is 0.0205. The molecule has 2 N–H and O–H groups in total. The van der Waals surface area contributed by atoms with E-state index in [-0.39, 0.29) is 31.5 Å². The number of amides is 1. The molecule has 0 aromatic carbocycles. The molecule has 0 aliphatic rings.